The van der Waals surface area contributed by atoms with Gasteiger partial charge in [-0.2, -0.15) is 0 Å². The van der Waals surface area contributed by atoms with Crippen LogP contribution >= 0.6 is 0 Å². The van der Waals surface area contributed by atoms with Gasteiger partial charge in [-0.25, -0.2) is 4.39 Å². The van der Waals surface area contributed by atoms with E-state index in [4.69, 9.17) is 0 Å². The molecule has 0 spiro atoms. The zero-order valence-corrected chi connectivity index (χ0v) is 16.1. The Labute approximate surface area is 164 Å². The van der Waals surface area contributed by atoms with Crippen molar-refractivity contribution < 1.29 is 9.50 Å². The number of hydrogen-bond donors (Lipinski definition) is 4. The topological polar surface area (TPSA) is 72.4 Å². The van der Waals surface area contributed by atoms with Crippen LogP contribution in [0.1, 0.15) is 24.0 Å². The number of fused-ring (bicyclic) bond motifs is 1. The van der Waals surface area contributed by atoms with E-state index in [0.29, 0.717) is 13.1 Å². The van der Waals surface area contributed by atoms with Crippen molar-refractivity contribution in [2.45, 2.75) is 19.3 Å². The number of aromatic amines is 1. The van der Waals surface area contributed by atoms with Gasteiger partial charge in [0.15, 0.2) is 5.96 Å². The van der Waals surface area contributed by atoms with Gasteiger partial charge in [-0.15, -0.1) is 0 Å². The summed E-state index contributed by atoms with van der Waals surface area (Å²) in [6.07, 6.45) is 2.71. The van der Waals surface area contributed by atoms with E-state index in [1.165, 1.54) is 12.1 Å². The zero-order valence-electron chi connectivity index (χ0n) is 16.1. The maximum Gasteiger partial charge on any atom is 0.191 e. The second kappa shape index (κ2) is 9.90. The number of rotatable bonds is 8. The lowest BCUT2D eigenvalue weighted by atomic mass is 10.0. The van der Waals surface area contributed by atoms with Gasteiger partial charge in [0.25, 0.3) is 0 Å². The Morgan fingerprint density at radius 1 is 1.18 bits per heavy atom. The number of benzene rings is 2. The van der Waals surface area contributed by atoms with E-state index in [0.717, 1.165) is 41.0 Å². The fourth-order valence-corrected chi connectivity index (χ4v) is 3.22. The molecule has 148 valence electrons. The Hall–Kier alpha value is -2.86. The molecule has 0 saturated heterocycles. The van der Waals surface area contributed by atoms with Gasteiger partial charge in [-0.05, 0) is 42.7 Å². The molecule has 0 aliphatic heterocycles. The van der Waals surface area contributed by atoms with Crippen LogP contribution in [0.5, 0.6) is 0 Å². The molecule has 28 heavy (non-hydrogen) atoms. The molecule has 6 heteroatoms. The third-order valence-electron chi connectivity index (χ3n) is 4.72. The van der Waals surface area contributed by atoms with Gasteiger partial charge in [0.05, 0.1) is 13.2 Å². The minimum absolute atomic E-state index is 0.0276. The highest BCUT2D eigenvalue weighted by Gasteiger charge is 2.10. The fraction of sp³-hybridized carbons (Fsp3) is 0.318. The van der Waals surface area contributed by atoms with Crippen molar-refractivity contribution in [3.8, 4) is 0 Å². The second-order valence-corrected chi connectivity index (χ2v) is 6.69. The largest absolute Gasteiger partial charge is 0.396 e. The quantitative estimate of drug-likeness (QED) is 0.357. The van der Waals surface area contributed by atoms with Crippen LogP contribution in [-0.2, 0) is 6.42 Å². The summed E-state index contributed by atoms with van der Waals surface area (Å²) in [5.74, 6) is 0.459. The molecule has 1 aromatic heterocycles. The van der Waals surface area contributed by atoms with Gasteiger partial charge in [0.1, 0.15) is 5.82 Å². The Morgan fingerprint density at radius 3 is 2.75 bits per heavy atom. The first-order chi connectivity index (χ1) is 13.7. The van der Waals surface area contributed by atoms with Crippen LogP contribution < -0.4 is 10.6 Å². The maximum atomic E-state index is 13.3. The van der Waals surface area contributed by atoms with Crippen LogP contribution in [0.25, 0.3) is 10.9 Å². The average Bonchev–Trinajstić information content (AvgIpc) is 3.11. The summed E-state index contributed by atoms with van der Waals surface area (Å²) in [6, 6.07) is 14.7. The number of aromatic nitrogens is 1. The molecule has 0 aliphatic rings. The summed E-state index contributed by atoms with van der Waals surface area (Å²) < 4.78 is 13.3. The smallest absolute Gasteiger partial charge is 0.191 e. The third kappa shape index (κ3) is 5.10. The Morgan fingerprint density at radius 2 is 2.00 bits per heavy atom. The molecular weight excluding hydrogens is 355 g/mol. The van der Waals surface area contributed by atoms with Crippen molar-refractivity contribution in [3.05, 3.63) is 71.7 Å². The van der Waals surface area contributed by atoms with Crippen LogP contribution in [0.2, 0.25) is 0 Å². The van der Waals surface area contributed by atoms with Crippen LogP contribution in [0.4, 0.5) is 4.39 Å². The molecule has 0 fully saturated rings. The molecule has 1 unspecified atom stereocenters. The van der Waals surface area contributed by atoms with E-state index in [2.05, 4.69) is 20.6 Å². The standard InChI is InChI=1S/C22H27FN4O/c1-2-24-22(27-14-18(15-28)16-6-4-3-5-7-16)25-11-10-17-13-26-21-12-19(23)8-9-20(17)21/h3-9,12-13,18,26,28H,2,10-11,14-15H2,1H3,(H2,24,25,27). The molecular formula is C22H27FN4O. The number of aliphatic hydroxyl groups is 1. The summed E-state index contributed by atoms with van der Waals surface area (Å²) in [5.41, 5.74) is 3.02. The van der Waals surface area contributed by atoms with Crippen molar-refractivity contribution in [3.63, 3.8) is 0 Å². The first kappa shape index (κ1) is 19.9. The van der Waals surface area contributed by atoms with Crippen molar-refractivity contribution in [1.29, 1.82) is 0 Å². The third-order valence-corrected chi connectivity index (χ3v) is 4.72. The van der Waals surface area contributed by atoms with Crippen LogP contribution in [0, 0.1) is 5.82 Å². The predicted octanol–water partition coefficient (Wildman–Crippen LogP) is 3.18. The molecule has 3 rings (SSSR count). The van der Waals surface area contributed by atoms with Crippen molar-refractivity contribution in [2.75, 3.05) is 26.2 Å². The highest BCUT2D eigenvalue weighted by Crippen LogP contribution is 2.19. The number of guanidine groups is 1. The highest BCUT2D eigenvalue weighted by atomic mass is 19.1. The summed E-state index contributed by atoms with van der Waals surface area (Å²) in [6.45, 7) is 4.03. The number of H-pyrrole nitrogens is 1. The van der Waals surface area contributed by atoms with Crippen molar-refractivity contribution >= 4 is 16.9 Å². The molecule has 3 aromatic rings. The summed E-state index contributed by atoms with van der Waals surface area (Å²) >= 11 is 0. The van der Waals surface area contributed by atoms with E-state index < -0.39 is 0 Å². The normalized spacial score (nSPS) is 12.9. The zero-order chi connectivity index (χ0) is 19.8. The Kier molecular flexibility index (Phi) is 7.03. The van der Waals surface area contributed by atoms with Crippen LogP contribution in [-0.4, -0.2) is 42.3 Å². The van der Waals surface area contributed by atoms with Gasteiger partial charge >= 0.3 is 0 Å². The molecule has 0 aliphatic carbocycles. The number of hydrogen-bond acceptors (Lipinski definition) is 2. The molecule has 0 saturated carbocycles. The number of nitrogens with one attached hydrogen (secondary N) is 3. The van der Waals surface area contributed by atoms with E-state index in [-0.39, 0.29) is 18.3 Å². The van der Waals surface area contributed by atoms with E-state index in [9.17, 15) is 9.50 Å². The van der Waals surface area contributed by atoms with Gasteiger partial charge in [-0.1, -0.05) is 30.3 Å². The first-order valence-electron chi connectivity index (χ1n) is 9.64. The molecule has 5 nitrogen and oxygen atoms in total. The van der Waals surface area contributed by atoms with Gasteiger partial charge in [0, 0.05) is 36.1 Å². The van der Waals surface area contributed by atoms with E-state index in [1.807, 2.05) is 49.5 Å². The molecule has 1 atom stereocenters. The van der Waals surface area contributed by atoms with E-state index in [1.54, 1.807) is 0 Å². The van der Waals surface area contributed by atoms with Gasteiger partial charge in [0.2, 0.25) is 0 Å². The summed E-state index contributed by atoms with van der Waals surface area (Å²) in [4.78, 5) is 7.75. The van der Waals surface area contributed by atoms with Crippen LogP contribution in [0.15, 0.2) is 59.7 Å². The molecule has 1 heterocycles. The van der Waals surface area contributed by atoms with Crippen LogP contribution in [0.3, 0.4) is 0 Å². The maximum absolute atomic E-state index is 13.3. The highest BCUT2D eigenvalue weighted by molar-refractivity contribution is 5.83. The van der Waals surface area contributed by atoms with Crippen molar-refractivity contribution in [2.24, 2.45) is 4.99 Å². The molecule has 4 N–H and O–H groups in total. The monoisotopic (exact) mass is 382 g/mol. The molecule has 2 aromatic carbocycles. The van der Waals surface area contributed by atoms with E-state index >= 15 is 0 Å². The van der Waals surface area contributed by atoms with Gasteiger partial charge < -0.3 is 20.7 Å². The minimum Gasteiger partial charge on any atom is -0.396 e. The molecule has 0 amide bonds. The Bertz CT molecular complexity index is 907. The van der Waals surface area contributed by atoms with Crippen molar-refractivity contribution in [1.82, 2.24) is 15.6 Å². The lowest BCUT2D eigenvalue weighted by molar-refractivity contribution is 0.268. The van der Waals surface area contributed by atoms with Gasteiger partial charge in [-0.3, -0.25) is 4.99 Å². The lowest BCUT2D eigenvalue weighted by Crippen LogP contribution is -2.38. The summed E-state index contributed by atoms with van der Waals surface area (Å²) in [5, 5.41) is 17.3. The number of halogens is 1. The fourth-order valence-electron chi connectivity index (χ4n) is 3.22. The molecule has 0 radical (unpaired) electrons. The lowest BCUT2D eigenvalue weighted by Gasteiger charge is -2.15. The SMILES string of the molecule is CCNC(=NCC(CO)c1ccccc1)NCCc1c[nH]c2cc(F)ccc12. The number of aliphatic hydroxyl groups excluding tert-OH is 1. The summed E-state index contributed by atoms with van der Waals surface area (Å²) in [7, 11) is 0. The second-order valence-electron chi connectivity index (χ2n) is 6.69. The number of nitrogens with zero attached hydrogens (tertiary/aromatic N) is 1. The first-order valence-corrected chi connectivity index (χ1v) is 9.64. The Balaban J connectivity index is 1.59. The predicted molar refractivity (Wildman–Crippen MR) is 112 cm³/mol. The average molecular weight is 382 g/mol. The number of aliphatic imine (C=N–C) groups is 1. The molecule has 0 bridgehead atoms. The minimum atomic E-state index is -0.238.